The summed E-state index contributed by atoms with van der Waals surface area (Å²) in [5.74, 6) is -1.00. The van der Waals surface area contributed by atoms with Crippen LogP contribution < -0.4 is 4.74 Å². The monoisotopic (exact) mass is 306 g/mol. The van der Waals surface area contributed by atoms with Crippen LogP contribution in [0, 0.1) is 0 Å². The molecule has 0 amide bonds. The highest BCUT2D eigenvalue weighted by atomic mass is 16.5. The van der Waals surface area contributed by atoms with Gasteiger partial charge in [0.05, 0.1) is 5.56 Å². The van der Waals surface area contributed by atoms with E-state index in [1.54, 1.807) is 30.3 Å². The third-order valence-electron chi connectivity index (χ3n) is 3.50. The van der Waals surface area contributed by atoms with Gasteiger partial charge < -0.3 is 9.84 Å². The van der Waals surface area contributed by atoms with E-state index < -0.39 is 12.6 Å². The van der Waals surface area contributed by atoms with Crippen LogP contribution in [0.1, 0.15) is 15.9 Å². The fourth-order valence-corrected chi connectivity index (χ4v) is 2.48. The van der Waals surface area contributed by atoms with Crippen molar-refractivity contribution in [1.82, 2.24) is 0 Å². The predicted octanol–water partition coefficient (Wildman–Crippen LogP) is 3.53. The number of ether oxygens (including phenoxy) is 1. The van der Waals surface area contributed by atoms with Gasteiger partial charge in [0.1, 0.15) is 5.75 Å². The fraction of sp³-hybridized carbons (Fsp3) is 0.0526. The average molecular weight is 306 g/mol. The lowest BCUT2D eigenvalue weighted by Crippen LogP contribution is -2.12. The highest BCUT2D eigenvalue weighted by Gasteiger charge is 2.18. The second-order valence-corrected chi connectivity index (χ2v) is 5.04. The summed E-state index contributed by atoms with van der Waals surface area (Å²) in [5.41, 5.74) is 0.916. The summed E-state index contributed by atoms with van der Waals surface area (Å²) in [5, 5.41) is 10.5. The molecule has 3 rings (SSSR count). The Balaban J connectivity index is 2.16. The third kappa shape index (κ3) is 3.06. The molecule has 0 aromatic heterocycles. The minimum atomic E-state index is -1.09. The number of aliphatic carboxylic acids is 1. The molecule has 0 unspecified atom stereocenters. The van der Waals surface area contributed by atoms with Gasteiger partial charge in [-0.1, -0.05) is 60.7 Å². The molecule has 3 aromatic rings. The van der Waals surface area contributed by atoms with Crippen LogP contribution in [0.25, 0.3) is 10.8 Å². The molecule has 0 saturated heterocycles. The smallest absolute Gasteiger partial charge is 0.341 e. The summed E-state index contributed by atoms with van der Waals surface area (Å²) < 4.78 is 5.33. The minimum absolute atomic E-state index is 0.192. The van der Waals surface area contributed by atoms with Crippen molar-refractivity contribution in [2.24, 2.45) is 0 Å². The van der Waals surface area contributed by atoms with Crippen LogP contribution in [-0.4, -0.2) is 23.5 Å². The molecular formula is C19H14O4. The molecule has 4 nitrogen and oxygen atoms in total. The van der Waals surface area contributed by atoms with Gasteiger partial charge in [-0.3, -0.25) is 4.79 Å². The Morgan fingerprint density at radius 2 is 1.57 bits per heavy atom. The van der Waals surface area contributed by atoms with Crippen molar-refractivity contribution in [3.8, 4) is 5.75 Å². The Hall–Kier alpha value is -3.14. The van der Waals surface area contributed by atoms with E-state index in [-0.39, 0.29) is 11.5 Å². The molecule has 4 heteroatoms. The van der Waals surface area contributed by atoms with E-state index in [0.29, 0.717) is 11.1 Å². The van der Waals surface area contributed by atoms with E-state index in [2.05, 4.69) is 0 Å². The number of carbonyl (C=O) groups excluding carboxylic acids is 1. The van der Waals surface area contributed by atoms with Gasteiger partial charge in [0.15, 0.2) is 12.4 Å². The van der Waals surface area contributed by atoms with Gasteiger partial charge in [-0.15, -0.1) is 0 Å². The van der Waals surface area contributed by atoms with Gasteiger partial charge in [-0.2, -0.15) is 0 Å². The fourth-order valence-electron chi connectivity index (χ4n) is 2.48. The van der Waals surface area contributed by atoms with E-state index in [9.17, 15) is 9.59 Å². The molecular weight excluding hydrogens is 292 g/mol. The minimum Gasteiger partial charge on any atom is -0.481 e. The van der Waals surface area contributed by atoms with Crippen LogP contribution >= 0.6 is 0 Å². The van der Waals surface area contributed by atoms with Gasteiger partial charge in [0.25, 0.3) is 0 Å². The zero-order valence-corrected chi connectivity index (χ0v) is 12.2. The van der Waals surface area contributed by atoms with E-state index in [1.165, 1.54) is 0 Å². The molecule has 0 aliphatic rings. The van der Waals surface area contributed by atoms with Crippen molar-refractivity contribution in [3.63, 3.8) is 0 Å². The Kier molecular flexibility index (Phi) is 4.06. The molecule has 0 aliphatic heterocycles. The quantitative estimate of drug-likeness (QED) is 0.732. The standard InChI is InChI=1S/C19H14O4/c20-17(21)12-23-16-11-10-13-6-4-5-9-15(13)18(16)19(22)14-7-2-1-3-8-14/h1-11H,12H2,(H,20,21). The van der Waals surface area contributed by atoms with Gasteiger partial charge in [-0.05, 0) is 16.8 Å². The predicted molar refractivity (Wildman–Crippen MR) is 87.0 cm³/mol. The maximum absolute atomic E-state index is 12.9. The molecule has 0 bridgehead atoms. The largest absolute Gasteiger partial charge is 0.481 e. The molecule has 0 heterocycles. The first-order chi connectivity index (χ1) is 11.2. The van der Waals surface area contributed by atoms with Gasteiger partial charge in [0, 0.05) is 5.56 Å². The van der Waals surface area contributed by atoms with Crippen molar-refractivity contribution in [2.75, 3.05) is 6.61 Å². The molecule has 3 aromatic carbocycles. The lowest BCUT2D eigenvalue weighted by Gasteiger charge is -2.12. The molecule has 0 atom stereocenters. The normalized spacial score (nSPS) is 10.4. The van der Waals surface area contributed by atoms with Crippen molar-refractivity contribution in [2.45, 2.75) is 0 Å². The van der Waals surface area contributed by atoms with Gasteiger partial charge in [0.2, 0.25) is 0 Å². The van der Waals surface area contributed by atoms with Crippen molar-refractivity contribution in [3.05, 3.63) is 77.9 Å². The van der Waals surface area contributed by atoms with E-state index in [0.717, 1.165) is 10.8 Å². The number of rotatable bonds is 5. The number of hydrogen-bond acceptors (Lipinski definition) is 3. The number of carboxylic acid groups (broad SMARTS) is 1. The highest BCUT2D eigenvalue weighted by molar-refractivity contribution is 6.18. The summed E-state index contributed by atoms with van der Waals surface area (Å²) >= 11 is 0. The number of hydrogen-bond donors (Lipinski definition) is 1. The first-order valence-corrected chi connectivity index (χ1v) is 7.13. The molecule has 0 fully saturated rings. The molecule has 0 saturated carbocycles. The maximum Gasteiger partial charge on any atom is 0.341 e. The Morgan fingerprint density at radius 3 is 2.30 bits per heavy atom. The number of fused-ring (bicyclic) bond motifs is 1. The number of benzene rings is 3. The van der Waals surface area contributed by atoms with E-state index in [4.69, 9.17) is 9.84 Å². The molecule has 0 radical (unpaired) electrons. The summed E-state index contributed by atoms with van der Waals surface area (Å²) in [4.78, 5) is 23.7. The first-order valence-electron chi connectivity index (χ1n) is 7.13. The van der Waals surface area contributed by atoms with Crippen LogP contribution in [0.3, 0.4) is 0 Å². The van der Waals surface area contributed by atoms with Crippen LogP contribution in [0.15, 0.2) is 66.7 Å². The summed E-state index contributed by atoms with van der Waals surface area (Å²) in [6, 6.07) is 19.8. The van der Waals surface area contributed by atoms with Gasteiger partial charge in [-0.25, -0.2) is 4.79 Å². The van der Waals surface area contributed by atoms with Crippen LogP contribution in [0.4, 0.5) is 0 Å². The first kappa shape index (κ1) is 14.8. The zero-order valence-electron chi connectivity index (χ0n) is 12.2. The maximum atomic E-state index is 12.9. The highest BCUT2D eigenvalue weighted by Crippen LogP contribution is 2.30. The topological polar surface area (TPSA) is 63.6 Å². The van der Waals surface area contributed by atoms with Crippen LogP contribution in [-0.2, 0) is 4.79 Å². The Morgan fingerprint density at radius 1 is 0.870 bits per heavy atom. The second kappa shape index (κ2) is 6.32. The van der Waals surface area contributed by atoms with Crippen LogP contribution in [0.5, 0.6) is 5.75 Å². The van der Waals surface area contributed by atoms with E-state index >= 15 is 0 Å². The molecule has 1 N–H and O–H groups in total. The summed E-state index contributed by atoms with van der Waals surface area (Å²) in [6.45, 7) is -0.493. The second-order valence-electron chi connectivity index (χ2n) is 5.04. The van der Waals surface area contributed by atoms with Crippen molar-refractivity contribution in [1.29, 1.82) is 0 Å². The Labute approximate surface area is 132 Å². The van der Waals surface area contributed by atoms with Crippen LogP contribution in [0.2, 0.25) is 0 Å². The molecule has 0 spiro atoms. The number of carbonyl (C=O) groups is 2. The lowest BCUT2D eigenvalue weighted by molar-refractivity contribution is -0.139. The molecule has 0 aliphatic carbocycles. The SMILES string of the molecule is O=C(O)COc1ccc2ccccc2c1C(=O)c1ccccc1. The zero-order chi connectivity index (χ0) is 16.2. The molecule has 23 heavy (non-hydrogen) atoms. The number of ketones is 1. The summed E-state index contributed by atoms with van der Waals surface area (Å²) in [6.07, 6.45) is 0. The van der Waals surface area contributed by atoms with E-state index in [1.807, 2.05) is 36.4 Å². The van der Waals surface area contributed by atoms with Gasteiger partial charge >= 0.3 is 5.97 Å². The Bertz CT molecular complexity index is 869. The summed E-state index contributed by atoms with van der Waals surface area (Å²) in [7, 11) is 0. The number of carboxylic acids is 1. The van der Waals surface area contributed by atoms with Crippen molar-refractivity contribution >= 4 is 22.5 Å². The molecule has 114 valence electrons. The van der Waals surface area contributed by atoms with Crippen molar-refractivity contribution < 1.29 is 19.4 Å². The lowest BCUT2D eigenvalue weighted by atomic mass is 9.96. The average Bonchev–Trinajstić information content (AvgIpc) is 2.59. The third-order valence-corrected chi connectivity index (χ3v) is 3.50.